The summed E-state index contributed by atoms with van der Waals surface area (Å²) in [6.07, 6.45) is 9.92. The van der Waals surface area contributed by atoms with Crippen LogP contribution in [0.4, 0.5) is 9.59 Å². The predicted molar refractivity (Wildman–Crippen MR) is 231 cm³/mol. The number of benzene rings is 2. The van der Waals surface area contributed by atoms with Gasteiger partial charge in [-0.1, -0.05) is 87.4 Å². The van der Waals surface area contributed by atoms with Crippen molar-refractivity contribution in [1.82, 2.24) is 40.4 Å². The second-order valence-corrected chi connectivity index (χ2v) is 17.7. The van der Waals surface area contributed by atoms with E-state index in [1.165, 1.54) is 43.8 Å². The average molecular weight is 829 g/mol. The molecule has 1 fully saturated rings. The number of carbonyl (C=O) groups excluding carboxylic acids is 4. The Morgan fingerprint density at radius 3 is 1.67 bits per heavy atom. The number of nitrogens with one attached hydrogen (secondary N) is 4. The van der Waals surface area contributed by atoms with Gasteiger partial charge in [0.25, 0.3) is 0 Å². The largest absolute Gasteiger partial charge is 0.453 e. The van der Waals surface area contributed by atoms with Gasteiger partial charge in [-0.25, -0.2) is 19.6 Å². The van der Waals surface area contributed by atoms with E-state index in [1.54, 1.807) is 9.80 Å². The SMILES string of the molecule is COC(=O)N[C@H](C(=O)N1CC(C)=C[C@H]1c1ncc(-c2ccc(-c3ccc(-c4cnc([C@@H]5C=C(C)CN5C(=O)[C@@H](NC(=O)OC)C(C)C)[nH]4)c4c3C3CCC3C4)cc2)[nH]1)C(C)C. The zero-order valence-electron chi connectivity index (χ0n) is 36.2. The van der Waals surface area contributed by atoms with Crippen LogP contribution in [-0.4, -0.2) is 93.1 Å². The van der Waals surface area contributed by atoms with Gasteiger partial charge in [0.1, 0.15) is 35.8 Å². The van der Waals surface area contributed by atoms with Crippen LogP contribution < -0.4 is 10.6 Å². The first-order valence-corrected chi connectivity index (χ1v) is 21.3. The molecule has 4 heterocycles. The summed E-state index contributed by atoms with van der Waals surface area (Å²) in [4.78, 5) is 72.0. The van der Waals surface area contributed by atoms with E-state index in [4.69, 9.17) is 19.4 Å². The van der Waals surface area contributed by atoms with Gasteiger partial charge in [0, 0.05) is 18.7 Å². The molecule has 8 rings (SSSR count). The number of imidazole rings is 2. The molecule has 1 saturated carbocycles. The lowest BCUT2D eigenvalue weighted by Crippen LogP contribution is -2.51. The molecule has 0 spiro atoms. The fourth-order valence-electron chi connectivity index (χ4n) is 9.55. The fourth-order valence-corrected chi connectivity index (χ4v) is 9.55. The average Bonchev–Trinajstić information content (AvgIpc) is 4.08. The van der Waals surface area contributed by atoms with E-state index in [9.17, 15) is 19.2 Å². The molecule has 4 amide bonds. The molecule has 0 bridgehead atoms. The van der Waals surface area contributed by atoms with Crippen molar-refractivity contribution in [3.63, 3.8) is 0 Å². The van der Waals surface area contributed by atoms with Gasteiger partial charge >= 0.3 is 12.2 Å². The monoisotopic (exact) mass is 828 g/mol. The number of fused-ring (bicyclic) bond motifs is 3. The van der Waals surface area contributed by atoms with E-state index in [2.05, 4.69) is 63.1 Å². The Balaban J connectivity index is 1.03. The van der Waals surface area contributed by atoms with Crippen molar-refractivity contribution in [2.45, 2.75) is 90.9 Å². The van der Waals surface area contributed by atoms with Crippen LogP contribution in [-0.2, 0) is 25.5 Å². The van der Waals surface area contributed by atoms with Crippen molar-refractivity contribution in [2.75, 3.05) is 27.3 Å². The highest BCUT2D eigenvalue weighted by Gasteiger charge is 2.43. The standard InChI is InChI=1S/C47H56N8O6/c1-24(2)40(52-46(58)60-7)44(56)54-22-26(5)17-37(54)42-48-20-35(50-42)29-11-9-28(10-12-29)31-15-16-33(34-19-30-13-14-32(30)39(31)34)36-21-49-43(51-36)38-18-27(6)23-55(38)45(57)41(25(3)4)53-47(59)61-8/h9-12,15-18,20-21,24-25,30,32,37-38,40-41H,13-14,19,22-23H2,1-8H3,(H,48,50)(H,49,51)(H,52,58)(H,53,59)/t30?,32?,37-,38-,40-,41-/m0/s1. The highest BCUT2D eigenvalue weighted by atomic mass is 16.5. The number of methoxy groups -OCH3 is 2. The quantitative estimate of drug-likeness (QED) is 0.112. The fraction of sp³-hybridized carbons (Fsp3) is 0.447. The predicted octanol–water partition coefficient (Wildman–Crippen LogP) is 7.60. The Hall–Kier alpha value is -6.18. The first kappa shape index (κ1) is 41.5. The lowest BCUT2D eigenvalue weighted by Gasteiger charge is -2.31. The van der Waals surface area contributed by atoms with Crippen LogP contribution in [0.2, 0.25) is 0 Å². The Morgan fingerprint density at radius 2 is 1.18 bits per heavy atom. The molecule has 14 nitrogen and oxygen atoms in total. The third-order valence-corrected chi connectivity index (χ3v) is 12.9. The lowest BCUT2D eigenvalue weighted by molar-refractivity contribution is -0.135. The first-order valence-electron chi connectivity index (χ1n) is 21.3. The summed E-state index contributed by atoms with van der Waals surface area (Å²) in [5.74, 6) is 1.84. The van der Waals surface area contributed by atoms with Gasteiger partial charge in [0.05, 0.1) is 38.0 Å². The topological polar surface area (TPSA) is 175 Å². The summed E-state index contributed by atoms with van der Waals surface area (Å²) in [6, 6.07) is 10.8. The Kier molecular flexibility index (Phi) is 11.4. The number of aromatic nitrogens is 4. The molecule has 6 atom stereocenters. The molecule has 0 saturated heterocycles. The van der Waals surface area contributed by atoms with Crippen molar-refractivity contribution in [3.05, 3.63) is 94.9 Å². The highest BCUT2D eigenvalue weighted by molar-refractivity contribution is 5.88. The van der Waals surface area contributed by atoms with Crippen molar-refractivity contribution in [3.8, 4) is 33.6 Å². The van der Waals surface area contributed by atoms with Gasteiger partial charge in [-0.2, -0.15) is 0 Å². The summed E-state index contributed by atoms with van der Waals surface area (Å²) in [5, 5.41) is 5.43. The molecule has 2 unspecified atom stereocenters. The van der Waals surface area contributed by atoms with Gasteiger partial charge in [-0.15, -0.1) is 0 Å². The van der Waals surface area contributed by atoms with Crippen LogP contribution in [0.3, 0.4) is 0 Å². The molecule has 61 heavy (non-hydrogen) atoms. The minimum atomic E-state index is -0.734. The van der Waals surface area contributed by atoms with Gasteiger partial charge in [0.15, 0.2) is 0 Å². The van der Waals surface area contributed by atoms with Crippen molar-refractivity contribution in [1.29, 1.82) is 0 Å². The summed E-state index contributed by atoms with van der Waals surface area (Å²) >= 11 is 0. The Labute approximate surface area is 356 Å². The van der Waals surface area contributed by atoms with Crippen LogP contribution >= 0.6 is 0 Å². The van der Waals surface area contributed by atoms with Crippen LogP contribution in [0, 0.1) is 17.8 Å². The maximum atomic E-state index is 13.9. The van der Waals surface area contributed by atoms with E-state index in [0.717, 1.165) is 45.6 Å². The number of hydrogen-bond donors (Lipinski definition) is 4. The summed E-state index contributed by atoms with van der Waals surface area (Å²) < 4.78 is 9.61. The number of hydrogen-bond acceptors (Lipinski definition) is 8. The van der Waals surface area contributed by atoms with Crippen molar-refractivity contribution in [2.24, 2.45) is 17.8 Å². The minimum Gasteiger partial charge on any atom is -0.453 e. The molecule has 2 aliphatic heterocycles. The molecule has 320 valence electrons. The van der Waals surface area contributed by atoms with Crippen molar-refractivity contribution < 1.29 is 28.7 Å². The number of rotatable bonds is 11. The molecule has 4 aromatic rings. The number of nitrogens with zero attached hydrogens (tertiary/aromatic N) is 4. The second kappa shape index (κ2) is 16.7. The van der Waals surface area contributed by atoms with E-state index < -0.39 is 30.3 Å². The third-order valence-electron chi connectivity index (χ3n) is 12.9. The molecule has 2 aromatic carbocycles. The highest BCUT2D eigenvalue weighted by Crippen LogP contribution is 2.56. The maximum Gasteiger partial charge on any atom is 0.407 e. The minimum absolute atomic E-state index is 0.136. The van der Waals surface area contributed by atoms with Gasteiger partial charge in [0.2, 0.25) is 11.8 Å². The summed E-state index contributed by atoms with van der Waals surface area (Å²) in [5.41, 5.74) is 11.2. The van der Waals surface area contributed by atoms with Crippen LogP contribution in [0.15, 0.2) is 72.1 Å². The number of H-pyrrole nitrogens is 2. The first-order chi connectivity index (χ1) is 29.3. The number of aromatic amines is 2. The van der Waals surface area contributed by atoms with E-state index in [1.807, 2.05) is 60.0 Å². The zero-order valence-corrected chi connectivity index (χ0v) is 36.2. The third kappa shape index (κ3) is 7.83. The van der Waals surface area contributed by atoms with E-state index in [0.29, 0.717) is 36.6 Å². The van der Waals surface area contributed by atoms with Crippen LogP contribution in [0.1, 0.15) is 95.2 Å². The molecule has 2 aromatic heterocycles. The molecular formula is C47H56N8O6. The molecule has 14 heteroatoms. The van der Waals surface area contributed by atoms with E-state index in [-0.39, 0.29) is 29.7 Å². The second-order valence-electron chi connectivity index (χ2n) is 17.7. The molecule has 0 radical (unpaired) electrons. The number of amides is 4. The molecular weight excluding hydrogens is 773 g/mol. The van der Waals surface area contributed by atoms with Gasteiger partial charge in [-0.05, 0) is 84.6 Å². The summed E-state index contributed by atoms with van der Waals surface area (Å²) in [7, 11) is 2.58. The van der Waals surface area contributed by atoms with Crippen LogP contribution in [0.5, 0.6) is 0 Å². The van der Waals surface area contributed by atoms with Crippen LogP contribution in [0.25, 0.3) is 33.6 Å². The number of alkyl carbamates (subject to hydrolysis) is 2. The van der Waals surface area contributed by atoms with Crippen molar-refractivity contribution >= 4 is 24.0 Å². The maximum absolute atomic E-state index is 13.9. The molecule has 2 aliphatic carbocycles. The summed E-state index contributed by atoms with van der Waals surface area (Å²) in [6.45, 7) is 12.5. The van der Waals surface area contributed by atoms with Gasteiger partial charge in [-0.3, -0.25) is 9.59 Å². The Morgan fingerprint density at radius 1 is 0.689 bits per heavy atom. The lowest BCUT2D eigenvalue weighted by atomic mass is 9.73. The zero-order chi connectivity index (χ0) is 43.3. The van der Waals surface area contributed by atoms with E-state index >= 15 is 0 Å². The number of ether oxygens (including phenoxy) is 2. The molecule has 4 N–H and O–H groups in total. The number of carbonyl (C=O) groups is 4. The van der Waals surface area contributed by atoms with Gasteiger partial charge < -0.3 is 39.9 Å². The molecule has 4 aliphatic rings. The Bertz CT molecular complexity index is 2410. The normalized spacial score (nSPS) is 21.3. The smallest absolute Gasteiger partial charge is 0.407 e.